The summed E-state index contributed by atoms with van der Waals surface area (Å²) in [5, 5.41) is 5.09. The third kappa shape index (κ3) is 3.67. The number of halogens is 2. The van der Waals surface area contributed by atoms with Crippen LogP contribution < -0.4 is 5.32 Å². The van der Waals surface area contributed by atoms with Gasteiger partial charge in [-0.15, -0.1) is 0 Å². The van der Waals surface area contributed by atoms with Crippen LogP contribution in [0.3, 0.4) is 0 Å². The first-order valence-electron chi connectivity index (χ1n) is 7.22. The Morgan fingerprint density at radius 1 is 1.40 bits per heavy atom. The van der Waals surface area contributed by atoms with E-state index in [1.54, 1.807) is 0 Å². The Hall–Kier alpha value is -0.280. The monoisotopic (exact) mass is 315 g/mol. The van der Waals surface area contributed by atoms with E-state index in [-0.39, 0.29) is 11.5 Å². The minimum atomic E-state index is 0.0958. The zero-order valence-corrected chi connectivity index (χ0v) is 13.9. The lowest BCUT2D eigenvalue weighted by atomic mass is 9.76. The van der Waals surface area contributed by atoms with Crippen molar-refractivity contribution in [2.75, 3.05) is 13.2 Å². The molecule has 2 nitrogen and oxygen atoms in total. The molecule has 2 rings (SSSR count). The molecule has 1 heterocycles. The van der Waals surface area contributed by atoms with Crippen LogP contribution in [-0.4, -0.2) is 25.3 Å². The summed E-state index contributed by atoms with van der Waals surface area (Å²) in [4.78, 5) is 0. The van der Waals surface area contributed by atoms with E-state index in [0.29, 0.717) is 6.04 Å². The van der Waals surface area contributed by atoms with Crippen LogP contribution in [-0.2, 0) is 11.2 Å². The average Bonchev–Trinajstić information content (AvgIpc) is 2.73. The number of nitrogens with one attached hydrogen (secondary N) is 1. The van der Waals surface area contributed by atoms with Crippen LogP contribution in [0.5, 0.6) is 0 Å². The van der Waals surface area contributed by atoms with Crippen LogP contribution in [0.1, 0.15) is 32.8 Å². The van der Waals surface area contributed by atoms with Crippen LogP contribution in [0.25, 0.3) is 0 Å². The van der Waals surface area contributed by atoms with Crippen molar-refractivity contribution in [3.63, 3.8) is 0 Å². The van der Waals surface area contributed by atoms with Crippen LogP contribution in [0.4, 0.5) is 0 Å². The normalized spacial score (nSPS) is 26.4. The van der Waals surface area contributed by atoms with Gasteiger partial charge >= 0.3 is 0 Å². The third-order valence-corrected chi connectivity index (χ3v) is 4.85. The molecular formula is C16H23Cl2NO. The van der Waals surface area contributed by atoms with Gasteiger partial charge in [0.1, 0.15) is 0 Å². The second kappa shape index (κ2) is 6.65. The van der Waals surface area contributed by atoms with E-state index < -0.39 is 0 Å². The van der Waals surface area contributed by atoms with E-state index in [2.05, 4.69) is 26.1 Å². The predicted molar refractivity (Wildman–Crippen MR) is 85.8 cm³/mol. The minimum absolute atomic E-state index is 0.0958. The van der Waals surface area contributed by atoms with Crippen LogP contribution in [0.15, 0.2) is 18.2 Å². The molecule has 1 fully saturated rings. The van der Waals surface area contributed by atoms with Gasteiger partial charge in [0, 0.05) is 34.7 Å². The summed E-state index contributed by atoms with van der Waals surface area (Å²) in [5.74, 6) is 0. The molecule has 1 N–H and O–H groups in total. The molecule has 1 aliphatic heterocycles. The molecule has 0 spiro atoms. The predicted octanol–water partition coefficient (Wildman–Crippen LogP) is 4.33. The fourth-order valence-electron chi connectivity index (χ4n) is 2.81. The van der Waals surface area contributed by atoms with Crippen LogP contribution in [0, 0.1) is 5.41 Å². The molecule has 20 heavy (non-hydrogen) atoms. The Balaban J connectivity index is 2.21. The molecule has 1 aromatic rings. The summed E-state index contributed by atoms with van der Waals surface area (Å²) < 4.78 is 5.83. The van der Waals surface area contributed by atoms with Gasteiger partial charge in [-0.3, -0.25) is 0 Å². The highest BCUT2D eigenvalue weighted by Crippen LogP contribution is 2.39. The van der Waals surface area contributed by atoms with Gasteiger partial charge in [0.05, 0.1) is 6.10 Å². The summed E-state index contributed by atoms with van der Waals surface area (Å²) >= 11 is 12.4. The number of benzene rings is 1. The van der Waals surface area contributed by atoms with Crippen LogP contribution in [0.2, 0.25) is 10.0 Å². The van der Waals surface area contributed by atoms with Crippen molar-refractivity contribution < 1.29 is 4.74 Å². The van der Waals surface area contributed by atoms with Gasteiger partial charge in [-0.2, -0.15) is 0 Å². The molecule has 1 aliphatic rings. The van der Waals surface area contributed by atoms with E-state index >= 15 is 0 Å². The van der Waals surface area contributed by atoms with Crippen molar-refractivity contribution in [1.82, 2.24) is 5.32 Å². The summed E-state index contributed by atoms with van der Waals surface area (Å²) in [6.07, 6.45) is 2.17. The second-order valence-corrected chi connectivity index (χ2v) is 6.92. The van der Waals surface area contributed by atoms with Gasteiger partial charge in [-0.25, -0.2) is 0 Å². The Kier molecular flexibility index (Phi) is 5.36. The molecule has 112 valence electrons. The molecule has 1 aromatic carbocycles. The number of rotatable bonds is 5. The Morgan fingerprint density at radius 2 is 2.15 bits per heavy atom. The first-order chi connectivity index (χ1) is 9.43. The van der Waals surface area contributed by atoms with Crippen molar-refractivity contribution >= 4 is 23.2 Å². The standard InChI is InChI=1S/C16H23Cl2NO/c1-11(2)19-10-16(6-7-20-12(16)3)9-13-8-14(17)4-5-15(13)18/h4-5,8,11-12,19H,6-7,9-10H2,1-3H3. The molecular weight excluding hydrogens is 293 g/mol. The van der Waals surface area contributed by atoms with Gasteiger partial charge in [0.15, 0.2) is 0 Å². The molecule has 0 bridgehead atoms. The summed E-state index contributed by atoms with van der Waals surface area (Å²) in [7, 11) is 0. The first kappa shape index (κ1) is 16.1. The second-order valence-electron chi connectivity index (χ2n) is 6.07. The molecule has 0 amide bonds. The maximum atomic E-state index is 6.33. The molecule has 0 radical (unpaired) electrons. The van der Waals surface area contributed by atoms with Crippen molar-refractivity contribution in [3.05, 3.63) is 33.8 Å². The summed E-state index contributed by atoms with van der Waals surface area (Å²) in [6.45, 7) is 8.25. The molecule has 2 unspecified atom stereocenters. The molecule has 4 heteroatoms. The highest BCUT2D eigenvalue weighted by molar-refractivity contribution is 6.33. The van der Waals surface area contributed by atoms with E-state index in [1.165, 1.54) is 0 Å². The Morgan fingerprint density at radius 3 is 2.75 bits per heavy atom. The van der Waals surface area contributed by atoms with Crippen molar-refractivity contribution in [3.8, 4) is 0 Å². The lowest BCUT2D eigenvalue weighted by Crippen LogP contribution is -2.43. The maximum absolute atomic E-state index is 6.33. The minimum Gasteiger partial charge on any atom is -0.378 e. The number of hydrogen-bond acceptors (Lipinski definition) is 2. The van der Waals surface area contributed by atoms with E-state index in [9.17, 15) is 0 Å². The third-order valence-electron chi connectivity index (χ3n) is 4.24. The largest absolute Gasteiger partial charge is 0.378 e. The fraction of sp³-hybridized carbons (Fsp3) is 0.625. The smallest absolute Gasteiger partial charge is 0.0619 e. The van der Waals surface area contributed by atoms with Crippen molar-refractivity contribution in [1.29, 1.82) is 0 Å². The number of hydrogen-bond donors (Lipinski definition) is 1. The summed E-state index contributed by atoms with van der Waals surface area (Å²) in [5.41, 5.74) is 1.21. The molecule has 1 saturated heterocycles. The van der Waals surface area contributed by atoms with E-state index in [1.807, 2.05) is 18.2 Å². The highest BCUT2D eigenvalue weighted by atomic mass is 35.5. The average molecular weight is 316 g/mol. The molecule has 2 atom stereocenters. The van der Waals surface area contributed by atoms with Crippen LogP contribution >= 0.6 is 23.2 Å². The maximum Gasteiger partial charge on any atom is 0.0619 e. The van der Waals surface area contributed by atoms with Gasteiger partial charge < -0.3 is 10.1 Å². The molecule has 0 saturated carbocycles. The Bertz CT molecular complexity index is 464. The van der Waals surface area contributed by atoms with E-state index in [0.717, 1.165) is 41.6 Å². The number of ether oxygens (including phenoxy) is 1. The molecule has 0 aliphatic carbocycles. The topological polar surface area (TPSA) is 21.3 Å². The van der Waals surface area contributed by atoms with Crippen molar-refractivity contribution in [2.45, 2.75) is 45.8 Å². The van der Waals surface area contributed by atoms with Gasteiger partial charge in [-0.05, 0) is 43.5 Å². The van der Waals surface area contributed by atoms with Gasteiger partial charge in [-0.1, -0.05) is 37.0 Å². The quantitative estimate of drug-likeness (QED) is 0.873. The first-order valence-corrected chi connectivity index (χ1v) is 7.97. The molecule has 0 aromatic heterocycles. The lowest BCUT2D eigenvalue weighted by Gasteiger charge is -2.34. The lowest BCUT2D eigenvalue weighted by molar-refractivity contribution is 0.0621. The highest BCUT2D eigenvalue weighted by Gasteiger charge is 2.41. The summed E-state index contributed by atoms with van der Waals surface area (Å²) in [6, 6.07) is 6.16. The Labute approximate surface area is 131 Å². The fourth-order valence-corrected chi connectivity index (χ4v) is 3.19. The van der Waals surface area contributed by atoms with Gasteiger partial charge in [0.25, 0.3) is 0 Å². The SMILES string of the molecule is CC(C)NCC1(Cc2cc(Cl)ccc2Cl)CCOC1C. The zero-order valence-electron chi connectivity index (χ0n) is 12.4. The van der Waals surface area contributed by atoms with Gasteiger partial charge in [0.2, 0.25) is 0 Å². The zero-order chi connectivity index (χ0) is 14.8. The van der Waals surface area contributed by atoms with Crippen molar-refractivity contribution in [2.24, 2.45) is 5.41 Å². The van der Waals surface area contributed by atoms with E-state index in [4.69, 9.17) is 27.9 Å².